The van der Waals surface area contributed by atoms with E-state index in [1.54, 1.807) is 19.3 Å². The molecular formula is C10H11N3O. The summed E-state index contributed by atoms with van der Waals surface area (Å²) >= 11 is 0. The molecule has 0 fully saturated rings. The minimum absolute atomic E-state index is 0.0528. The first kappa shape index (κ1) is 8.74. The van der Waals surface area contributed by atoms with Crippen molar-refractivity contribution in [1.29, 1.82) is 0 Å². The molecule has 2 heterocycles. The van der Waals surface area contributed by atoms with Crippen LogP contribution in [0.4, 0.5) is 0 Å². The van der Waals surface area contributed by atoms with Crippen molar-refractivity contribution in [3.8, 4) is 11.4 Å². The number of hydrogen-bond donors (Lipinski definition) is 1. The summed E-state index contributed by atoms with van der Waals surface area (Å²) in [7, 11) is 1.92. The lowest BCUT2D eigenvalue weighted by molar-refractivity contribution is 0.922. The molecule has 0 aliphatic carbocycles. The summed E-state index contributed by atoms with van der Waals surface area (Å²) < 4.78 is 1.91. The topological polar surface area (TPSA) is 50.7 Å². The summed E-state index contributed by atoms with van der Waals surface area (Å²) in [4.78, 5) is 18.0. The molecular weight excluding hydrogens is 178 g/mol. The summed E-state index contributed by atoms with van der Waals surface area (Å²) in [6, 6.07) is 1.83. The van der Waals surface area contributed by atoms with Crippen molar-refractivity contribution in [1.82, 2.24) is 14.5 Å². The van der Waals surface area contributed by atoms with Gasteiger partial charge in [0.05, 0.1) is 0 Å². The molecule has 4 nitrogen and oxygen atoms in total. The first-order chi connectivity index (χ1) is 6.68. The minimum atomic E-state index is -0.0528. The molecule has 4 heteroatoms. The average molecular weight is 189 g/mol. The van der Waals surface area contributed by atoms with Gasteiger partial charge >= 0.3 is 0 Å². The van der Waals surface area contributed by atoms with E-state index in [0.717, 1.165) is 11.4 Å². The second kappa shape index (κ2) is 3.14. The van der Waals surface area contributed by atoms with Crippen molar-refractivity contribution in [3.05, 3.63) is 40.6 Å². The molecule has 0 radical (unpaired) electrons. The zero-order valence-electron chi connectivity index (χ0n) is 8.11. The first-order valence-corrected chi connectivity index (χ1v) is 4.35. The maximum absolute atomic E-state index is 11.1. The van der Waals surface area contributed by atoms with Crippen molar-refractivity contribution in [2.75, 3.05) is 0 Å². The molecule has 0 saturated heterocycles. The number of pyridine rings is 1. The number of imidazole rings is 1. The van der Waals surface area contributed by atoms with Crippen LogP contribution >= 0.6 is 0 Å². The highest BCUT2D eigenvalue weighted by Gasteiger charge is 2.04. The number of nitrogens with one attached hydrogen (secondary N) is 1. The first-order valence-electron chi connectivity index (χ1n) is 4.35. The van der Waals surface area contributed by atoms with E-state index in [4.69, 9.17) is 0 Å². The molecule has 0 amide bonds. The Balaban J connectivity index is 2.59. The molecule has 72 valence electrons. The second-order valence-electron chi connectivity index (χ2n) is 3.26. The molecule has 0 aliphatic heterocycles. The normalized spacial score (nSPS) is 10.4. The molecule has 0 saturated carbocycles. The van der Waals surface area contributed by atoms with Crippen molar-refractivity contribution < 1.29 is 0 Å². The summed E-state index contributed by atoms with van der Waals surface area (Å²) in [5, 5.41) is 0. The predicted molar refractivity (Wildman–Crippen MR) is 54.0 cm³/mol. The van der Waals surface area contributed by atoms with Gasteiger partial charge in [0.2, 0.25) is 0 Å². The van der Waals surface area contributed by atoms with Crippen LogP contribution in [0, 0.1) is 6.92 Å². The van der Waals surface area contributed by atoms with Gasteiger partial charge in [0.15, 0.2) is 0 Å². The fraction of sp³-hybridized carbons (Fsp3) is 0.200. The Hall–Kier alpha value is -1.84. The van der Waals surface area contributed by atoms with E-state index in [2.05, 4.69) is 9.97 Å². The van der Waals surface area contributed by atoms with Gasteiger partial charge in [0, 0.05) is 36.8 Å². The van der Waals surface area contributed by atoms with E-state index in [9.17, 15) is 4.79 Å². The van der Waals surface area contributed by atoms with Gasteiger partial charge in [-0.25, -0.2) is 4.98 Å². The Kier molecular flexibility index (Phi) is 1.96. The molecule has 0 spiro atoms. The number of aryl methyl sites for hydroxylation is 2. The SMILES string of the molecule is Cc1cc(-c2nccn2C)c[nH]c1=O. The Morgan fingerprint density at radius 3 is 2.86 bits per heavy atom. The summed E-state index contributed by atoms with van der Waals surface area (Å²) in [6.45, 7) is 1.78. The van der Waals surface area contributed by atoms with Crippen LogP contribution in [0.25, 0.3) is 11.4 Å². The molecule has 2 rings (SSSR count). The zero-order valence-corrected chi connectivity index (χ0v) is 8.11. The third kappa shape index (κ3) is 1.35. The van der Waals surface area contributed by atoms with Crippen LogP contribution < -0.4 is 5.56 Å². The Labute approximate surface area is 81.2 Å². The molecule has 0 aliphatic rings. The number of hydrogen-bond acceptors (Lipinski definition) is 2. The van der Waals surface area contributed by atoms with Gasteiger partial charge in [-0.05, 0) is 13.0 Å². The molecule has 2 aromatic rings. The van der Waals surface area contributed by atoms with Crippen LogP contribution in [0.1, 0.15) is 5.56 Å². The van der Waals surface area contributed by atoms with Gasteiger partial charge in [-0.3, -0.25) is 4.79 Å². The largest absolute Gasteiger partial charge is 0.334 e. The van der Waals surface area contributed by atoms with E-state index in [-0.39, 0.29) is 5.56 Å². The number of nitrogens with zero attached hydrogens (tertiary/aromatic N) is 2. The molecule has 0 atom stereocenters. The summed E-state index contributed by atoms with van der Waals surface area (Å²) in [5.41, 5.74) is 1.57. The molecule has 0 aromatic carbocycles. The Morgan fingerprint density at radius 1 is 1.50 bits per heavy atom. The van der Waals surface area contributed by atoms with Crippen LogP contribution in [-0.2, 0) is 7.05 Å². The predicted octanol–water partition coefficient (Wildman–Crippen LogP) is 1.08. The lowest BCUT2D eigenvalue weighted by atomic mass is 10.2. The number of rotatable bonds is 1. The van der Waals surface area contributed by atoms with E-state index >= 15 is 0 Å². The third-order valence-electron chi connectivity index (χ3n) is 2.17. The van der Waals surface area contributed by atoms with Crippen molar-refractivity contribution in [2.24, 2.45) is 7.05 Å². The lowest BCUT2D eigenvalue weighted by Gasteiger charge is -2.01. The maximum Gasteiger partial charge on any atom is 0.250 e. The highest BCUT2D eigenvalue weighted by Crippen LogP contribution is 2.14. The summed E-state index contributed by atoms with van der Waals surface area (Å²) in [5.74, 6) is 0.851. The van der Waals surface area contributed by atoms with Gasteiger partial charge in [-0.15, -0.1) is 0 Å². The van der Waals surface area contributed by atoms with E-state index in [1.807, 2.05) is 23.9 Å². The number of aromatic nitrogens is 3. The van der Waals surface area contributed by atoms with Crippen molar-refractivity contribution >= 4 is 0 Å². The molecule has 1 N–H and O–H groups in total. The van der Waals surface area contributed by atoms with Gasteiger partial charge in [0.25, 0.3) is 5.56 Å². The van der Waals surface area contributed by atoms with Crippen LogP contribution in [-0.4, -0.2) is 14.5 Å². The Morgan fingerprint density at radius 2 is 2.29 bits per heavy atom. The smallest absolute Gasteiger partial charge is 0.250 e. The highest BCUT2D eigenvalue weighted by atomic mass is 16.1. The van der Waals surface area contributed by atoms with Gasteiger partial charge in [-0.1, -0.05) is 0 Å². The molecule has 0 unspecified atom stereocenters. The van der Waals surface area contributed by atoms with E-state index in [1.165, 1.54) is 0 Å². The minimum Gasteiger partial charge on any atom is -0.334 e. The van der Waals surface area contributed by atoms with E-state index < -0.39 is 0 Å². The number of aromatic amines is 1. The van der Waals surface area contributed by atoms with Crippen molar-refractivity contribution in [2.45, 2.75) is 6.92 Å². The lowest BCUT2D eigenvalue weighted by Crippen LogP contribution is -2.08. The van der Waals surface area contributed by atoms with Gasteiger partial charge < -0.3 is 9.55 Å². The monoisotopic (exact) mass is 189 g/mol. The maximum atomic E-state index is 11.1. The van der Waals surface area contributed by atoms with Crippen LogP contribution in [0.3, 0.4) is 0 Å². The van der Waals surface area contributed by atoms with Crippen LogP contribution in [0.5, 0.6) is 0 Å². The Bertz CT molecular complexity index is 510. The highest BCUT2D eigenvalue weighted by molar-refractivity contribution is 5.54. The fourth-order valence-electron chi connectivity index (χ4n) is 1.37. The van der Waals surface area contributed by atoms with E-state index in [0.29, 0.717) is 5.56 Å². The van der Waals surface area contributed by atoms with Gasteiger partial charge in [-0.2, -0.15) is 0 Å². The van der Waals surface area contributed by atoms with Crippen molar-refractivity contribution in [3.63, 3.8) is 0 Å². The molecule has 14 heavy (non-hydrogen) atoms. The zero-order chi connectivity index (χ0) is 10.1. The third-order valence-corrected chi connectivity index (χ3v) is 2.17. The molecule has 0 bridgehead atoms. The van der Waals surface area contributed by atoms with Crippen LogP contribution in [0.15, 0.2) is 29.5 Å². The average Bonchev–Trinajstić information content (AvgIpc) is 2.57. The molecule has 2 aromatic heterocycles. The van der Waals surface area contributed by atoms with Gasteiger partial charge in [0.1, 0.15) is 5.82 Å². The standard InChI is InChI=1S/C10H11N3O/c1-7-5-8(6-12-10(7)14)9-11-3-4-13(9)2/h3-6H,1-2H3,(H,12,14). The summed E-state index contributed by atoms with van der Waals surface area (Å²) in [6.07, 6.45) is 5.28. The fourth-order valence-corrected chi connectivity index (χ4v) is 1.37. The van der Waals surface area contributed by atoms with Crippen LogP contribution in [0.2, 0.25) is 0 Å². The quantitative estimate of drug-likeness (QED) is 0.729. The number of H-pyrrole nitrogens is 1. The second-order valence-corrected chi connectivity index (χ2v) is 3.26.